The molecule has 208 valence electrons. The van der Waals surface area contributed by atoms with Gasteiger partial charge in [0.1, 0.15) is 0 Å². The van der Waals surface area contributed by atoms with Crippen molar-refractivity contribution < 1.29 is 8.42 Å². The smallest absolute Gasteiger partial charge is 0.206 e. The number of hydrogen-bond donors (Lipinski definition) is 0. The number of para-hydroxylation sites is 3. The molecule has 0 amide bonds. The summed E-state index contributed by atoms with van der Waals surface area (Å²) in [5.74, 6) is 0. The Morgan fingerprint density at radius 1 is 0.512 bits per heavy atom. The zero-order chi connectivity index (χ0) is 29.0. The summed E-state index contributed by atoms with van der Waals surface area (Å²) < 4.78 is 28.6. The number of hydrogen-bond acceptors (Lipinski definition) is 5. The Kier molecular flexibility index (Phi) is 6.14. The second-order valence-corrected chi connectivity index (χ2v) is 13.7. The molecule has 4 nitrogen and oxygen atoms in total. The molecule has 6 aromatic rings. The maximum atomic E-state index is 14.3. The van der Waals surface area contributed by atoms with E-state index in [9.17, 15) is 8.42 Å². The number of sulfone groups is 1. The lowest BCUT2D eigenvalue weighted by Gasteiger charge is -2.34. The van der Waals surface area contributed by atoms with E-state index in [1.54, 1.807) is 23.9 Å². The largest absolute Gasteiger partial charge is 0.319 e. The molecule has 6 heteroatoms. The third-order valence-corrected chi connectivity index (χ3v) is 11.2. The van der Waals surface area contributed by atoms with E-state index in [1.807, 2.05) is 77.7 Å². The molecule has 0 fully saturated rings. The lowest BCUT2D eigenvalue weighted by Crippen LogP contribution is -2.24. The van der Waals surface area contributed by atoms with Gasteiger partial charge in [0.15, 0.2) is 5.37 Å². The van der Waals surface area contributed by atoms with Crippen LogP contribution in [0.15, 0.2) is 166 Å². The molecular formula is C37H26N2O2S2. The van der Waals surface area contributed by atoms with Crippen LogP contribution in [0.5, 0.6) is 0 Å². The molecule has 0 aliphatic carbocycles. The van der Waals surface area contributed by atoms with Gasteiger partial charge in [0.05, 0.1) is 22.0 Å². The third kappa shape index (κ3) is 4.25. The van der Waals surface area contributed by atoms with Gasteiger partial charge in [0, 0.05) is 21.2 Å². The molecule has 0 N–H and O–H groups in total. The van der Waals surface area contributed by atoms with Crippen molar-refractivity contribution in [1.82, 2.24) is 0 Å². The fourth-order valence-electron chi connectivity index (χ4n) is 6.13. The molecule has 1 unspecified atom stereocenters. The van der Waals surface area contributed by atoms with E-state index < -0.39 is 15.2 Å². The van der Waals surface area contributed by atoms with E-state index in [-0.39, 0.29) is 0 Å². The highest BCUT2D eigenvalue weighted by Gasteiger charge is 2.45. The van der Waals surface area contributed by atoms with Crippen molar-refractivity contribution in [1.29, 1.82) is 0 Å². The number of benzene rings is 6. The summed E-state index contributed by atoms with van der Waals surface area (Å²) in [6.45, 7) is 0. The van der Waals surface area contributed by atoms with Crippen LogP contribution in [0, 0.1) is 0 Å². The van der Waals surface area contributed by atoms with Gasteiger partial charge in [0.25, 0.3) is 0 Å². The Labute approximate surface area is 255 Å². The second kappa shape index (κ2) is 10.2. The molecule has 2 aliphatic heterocycles. The van der Waals surface area contributed by atoms with Gasteiger partial charge >= 0.3 is 0 Å². The molecule has 8 rings (SSSR count). The molecule has 0 radical (unpaired) electrons. The predicted octanol–water partition coefficient (Wildman–Crippen LogP) is 9.91. The Balaban J connectivity index is 1.29. The van der Waals surface area contributed by atoms with Crippen molar-refractivity contribution in [2.24, 2.45) is 0 Å². The van der Waals surface area contributed by atoms with Crippen molar-refractivity contribution in [2.45, 2.75) is 20.1 Å². The van der Waals surface area contributed by atoms with Crippen LogP contribution < -0.4 is 9.80 Å². The van der Waals surface area contributed by atoms with Crippen LogP contribution in [-0.4, -0.2) is 8.42 Å². The minimum Gasteiger partial charge on any atom is -0.319 e. The summed E-state index contributed by atoms with van der Waals surface area (Å²) in [6.07, 6.45) is 0. The highest BCUT2D eigenvalue weighted by atomic mass is 32.2. The summed E-state index contributed by atoms with van der Waals surface area (Å²) >= 11 is 1.68. The van der Waals surface area contributed by atoms with Crippen molar-refractivity contribution in [3.05, 3.63) is 157 Å². The first-order valence-electron chi connectivity index (χ1n) is 14.1. The number of anilines is 5. The van der Waals surface area contributed by atoms with E-state index in [4.69, 9.17) is 0 Å². The van der Waals surface area contributed by atoms with E-state index >= 15 is 0 Å². The van der Waals surface area contributed by atoms with Gasteiger partial charge in [-0.2, -0.15) is 0 Å². The molecule has 1 atom stereocenters. The van der Waals surface area contributed by atoms with Gasteiger partial charge in [-0.3, -0.25) is 0 Å². The van der Waals surface area contributed by atoms with Crippen molar-refractivity contribution in [3.8, 4) is 11.1 Å². The first-order valence-corrected chi connectivity index (χ1v) is 16.5. The van der Waals surface area contributed by atoms with Crippen LogP contribution in [-0.2, 0) is 9.84 Å². The maximum absolute atomic E-state index is 14.3. The van der Waals surface area contributed by atoms with Crippen LogP contribution in [0.3, 0.4) is 0 Å². The van der Waals surface area contributed by atoms with Crippen molar-refractivity contribution >= 4 is 50.0 Å². The van der Waals surface area contributed by atoms with Crippen molar-refractivity contribution in [2.75, 3.05) is 9.80 Å². The minimum absolute atomic E-state index is 0.353. The predicted molar refractivity (Wildman–Crippen MR) is 176 cm³/mol. The second-order valence-electron chi connectivity index (χ2n) is 10.6. The molecule has 0 saturated heterocycles. The van der Waals surface area contributed by atoms with E-state index in [2.05, 4.69) is 71.6 Å². The van der Waals surface area contributed by atoms with Crippen LogP contribution in [0.1, 0.15) is 10.9 Å². The summed E-state index contributed by atoms with van der Waals surface area (Å²) in [7, 11) is -3.72. The Morgan fingerprint density at radius 3 is 1.95 bits per heavy atom. The lowest BCUT2D eigenvalue weighted by atomic mass is 10.0. The molecule has 2 heterocycles. The van der Waals surface area contributed by atoms with Gasteiger partial charge in [-0.1, -0.05) is 103 Å². The fraction of sp³-hybridized carbons (Fsp3) is 0.0270. The van der Waals surface area contributed by atoms with Crippen LogP contribution in [0.25, 0.3) is 11.1 Å². The molecule has 2 aliphatic rings. The zero-order valence-electron chi connectivity index (χ0n) is 23.0. The first kappa shape index (κ1) is 25.9. The molecule has 6 aromatic carbocycles. The molecule has 0 spiro atoms. The van der Waals surface area contributed by atoms with Gasteiger partial charge in [-0.25, -0.2) is 8.42 Å². The lowest BCUT2D eigenvalue weighted by molar-refractivity contribution is 0.589. The zero-order valence-corrected chi connectivity index (χ0v) is 24.7. The monoisotopic (exact) mass is 594 g/mol. The Bertz CT molecular complexity index is 2100. The standard InChI is InChI=1S/C37H26N2O2S2/c40-43(41)36-21-10-8-19-33(36)39(30-17-11-14-27(24-30)26-12-3-1-4-13-26)37(43)28-22-23-32-35(25-28)42-34-20-9-7-18-31(34)38(32)29-15-5-2-6-16-29/h1-25,37H. The minimum atomic E-state index is -3.72. The molecule has 43 heavy (non-hydrogen) atoms. The average molecular weight is 595 g/mol. The van der Waals surface area contributed by atoms with Gasteiger partial charge in [-0.15, -0.1) is 0 Å². The van der Waals surface area contributed by atoms with Gasteiger partial charge in [-0.05, 0) is 77.4 Å². The number of rotatable bonds is 4. The Hall–Kier alpha value is -4.78. The maximum Gasteiger partial charge on any atom is 0.206 e. The number of fused-ring (bicyclic) bond motifs is 3. The van der Waals surface area contributed by atoms with E-state index in [0.29, 0.717) is 10.6 Å². The third-order valence-electron chi connectivity index (χ3n) is 8.04. The fourth-order valence-corrected chi connectivity index (χ4v) is 9.22. The molecule has 0 saturated carbocycles. The van der Waals surface area contributed by atoms with Crippen molar-refractivity contribution in [3.63, 3.8) is 0 Å². The number of nitrogens with zero attached hydrogens (tertiary/aromatic N) is 2. The SMILES string of the molecule is O=S1(=O)c2ccccc2N(c2cccc(-c3ccccc3)c2)C1c1ccc2c(c1)Sc1ccccc1N2c1ccccc1. The van der Waals surface area contributed by atoms with Crippen LogP contribution in [0.2, 0.25) is 0 Å². The molecular weight excluding hydrogens is 569 g/mol. The van der Waals surface area contributed by atoms with E-state index in [0.717, 1.165) is 49.2 Å². The van der Waals surface area contributed by atoms with E-state index in [1.165, 1.54) is 0 Å². The first-order chi connectivity index (χ1) is 21.1. The molecule has 0 aromatic heterocycles. The van der Waals surface area contributed by atoms with Gasteiger partial charge < -0.3 is 9.80 Å². The van der Waals surface area contributed by atoms with Crippen LogP contribution >= 0.6 is 11.8 Å². The quantitative estimate of drug-likeness (QED) is 0.203. The van der Waals surface area contributed by atoms with Crippen LogP contribution in [0.4, 0.5) is 28.4 Å². The normalized spacial score (nSPS) is 16.3. The summed E-state index contributed by atoms with van der Waals surface area (Å²) in [4.78, 5) is 6.73. The summed E-state index contributed by atoms with van der Waals surface area (Å²) in [6, 6.07) is 50.4. The Morgan fingerprint density at radius 2 is 1.14 bits per heavy atom. The topological polar surface area (TPSA) is 40.6 Å². The molecule has 0 bridgehead atoms. The van der Waals surface area contributed by atoms with Gasteiger partial charge in [0.2, 0.25) is 9.84 Å². The summed E-state index contributed by atoms with van der Waals surface area (Å²) in [5, 5.41) is -0.899. The summed E-state index contributed by atoms with van der Waals surface area (Å²) in [5.41, 5.74) is 7.59. The average Bonchev–Trinajstić information content (AvgIpc) is 3.31. The highest BCUT2D eigenvalue weighted by Crippen LogP contribution is 2.55. The highest BCUT2D eigenvalue weighted by molar-refractivity contribution is 7.99.